The fraction of sp³-hybridized carbons (Fsp3) is 0.833. The first-order valence-corrected chi connectivity index (χ1v) is 2.98. The average molecular weight is 132 g/mol. The molecular formula is C6H14NO2+. The summed E-state index contributed by atoms with van der Waals surface area (Å²) in [7, 11) is 1.38. The molecule has 0 aromatic heterocycles. The van der Waals surface area contributed by atoms with Gasteiger partial charge < -0.3 is 10.5 Å². The van der Waals surface area contributed by atoms with Crippen LogP contribution in [0.5, 0.6) is 0 Å². The lowest BCUT2D eigenvalue weighted by Gasteiger charge is -2.14. The third-order valence-corrected chi connectivity index (χ3v) is 1.46. The van der Waals surface area contributed by atoms with E-state index in [9.17, 15) is 4.79 Å². The van der Waals surface area contributed by atoms with E-state index in [1.807, 2.05) is 6.92 Å². The number of ether oxygens (including phenoxy) is 1. The zero-order chi connectivity index (χ0) is 7.49. The summed E-state index contributed by atoms with van der Waals surface area (Å²) < 4.78 is 4.50. The Morgan fingerprint density at radius 1 is 1.78 bits per heavy atom. The van der Waals surface area contributed by atoms with Gasteiger partial charge in [-0.15, -0.1) is 0 Å². The van der Waals surface area contributed by atoms with Crippen molar-refractivity contribution >= 4 is 5.97 Å². The van der Waals surface area contributed by atoms with Crippen molar-refractivity contribution < 1.29 is 15.3 Å². The van der Waals surface area contributed by atoms with E-state index in [-0.39, 0.29) is 5.97 Å². The van der Waals surface area contributed by atoms with Crippen molar-refractivity contribution in [1.29, 1.82) is 0 Å². The third kappa shape index (κ3) is 2.01. The minimum absolute atomic E-state index is 0.245. The van der Waals surface area contributed by atoms with Crippen molar-refractivity contribution in [2.24, 2.45) is 0 Å². The van der Waals surface area contributed by atoms with Crippen LogP contribution in [0.4, 0.5) is 0 Å². The summed E-state index contributed by atoms with van der Waals surface area (Å²) in [5, 5.41) is 0. The highest BCUT2D eigenvalue weighted by Gasteiger charge is 2.31. The van der Waals surface area contributed by atoms with Gasteiger partial charge in [-0.3, -0.25) is 0 Å². The van der Waals surface area contributed by atoms with Crippen LogP contribution in [0.25, 0.3) is 0 Å². The lowest BCUT2D eigenvalue weighted by molar-refractivity contribution is -0.457. The van der Waals surface area contributed by atoms with Crippen molar-refractivity contribution in [3.05, 3.63) is 0 Å². The molecule has 3 N–H and O–H groups in total. The molecular weight excluding hydrogens is 118 g/mol. The van der Waals surface area contributed by atoms with Crippen LogP contribution in [0.3, 0.4) is 0 Å². The Hall–Kier alpha value is -0.570. The highest BCUT2D eigenvalue weighted by Crippen LogP contribution is 2.02. The van der Waals surface area contributed by atoms with Crippen LogP contribution >= 0.6 is 0 Å². The maximum absolute atomic E-state index is 10.8. The molecule has 0 saturated heterocycles. The van der Waals surface area contributed by atoms with Crippen LogP contribution in [0, 0.1) is 0 Å². The van der Waals surface area contributed by atoms with E-state index in [0.717, 1.165) is 0 Å². The molecule has 3 heteroatoms. The van der Waals surface area contributed by atoms with Crippen LogP contribution in [0.15, 0.2) is 0 Å². The molecule has 0 spiro atoms. The van der Waals surface area contributed by atoms with Crippen molar-refractivity contribution in [2.75, 3.05) is 7.11 Å². The number of esters is 1. The Labute approximate surface area is 55.2 Å². The molecule has 0 rings (SSSR count). The average Bonchev–Trinajstić information content (AvgIpc) is 1.86. The second-order valence-corrected chi connectivity index (χ2v) is 2.41. The summed E-state index contributed by atoms with van der Waals surface area (Å²) in [5.41, 5.74) is 3.12. The molecule has 3 nitrogen and oxygen atoms in total. The van der Waals surface area contributed by atoms with Gasteiger partial charge in [0.25, 0.3) is 0 Å². The Morgan fingerprint density at radius 3 is 2.33 bits per heavy atom. The number of quaternary nitrogens is 1. The Kier molecular flexibility index (Phi) is 2.65. The molecule has 0 aromatic rings. The van der Waals surface area contributed by atoms with Gasteiger partial charge in [0.2, 0.25) is 0 Å². The fourth-order valence-electron chi connectivity index (χ4n) is 0.391. The number of carbonyl (C=O) groups is 1. The molecule has 1 atom stereocenters. The highest BCUT2D eigenvalue weighted by molar-refractivity contribution is 5.77. The molecule has 0 aliphatic rings. The van der Waals surface area contributed by atoms with Crippen LogP contribution in [0.2, 0.25) is 0 Å². The first-order chi connectivity index (χ1) is 4.04. The quantitative estimate of drug-likeness (QED) is 0.518. The van der Waals surface area contributed by atoms with Crippen LogP contribution in [-0.2, 0) is 9.53 Å². The van der Waals surface area contributed by atoms with E-state index in [4.69, 9.17) is 0 Å². The topological polar surface area (TPSA) is 53.9 Å². The van der Waals surface area contributed by atoms with Crippen molar-refractivity contribution in [1.82, 2.24) is 0 Å². The minimum atomic E-state index is -0.561. The fourth-order valence-corrected chi connectivity index (χ4v) is 0.391. The van der Waals surface area contributed by atoms with Gasteiger partial charge in [0.15, 0.2) is 5.54 Å². The lowest BCUT2D eigenvalue weighted by Crippen LogP contribution is -2.74. The molecule has 54 valence electrons. The monoisotopic (exact) mass is 132 g/mol. The number of methoxy groups -OCH3 is 1. The molecule has 0 amide bonds. The summed E-state index contributed by atoms with van der Waals surface area (Å²) in [6.45, 7) is 3.67. The number of rotatable bonds is 2. The number of hydrogen-bond acceptors (Lipinski definition) is 2. The molecule has 0 aromatic carbocycles. The molecule has 0 unspecified atom stereocenters. The first kappa shape index (κ1) is 8.43. The maximum atomic E-state index is 10.8. The van der Waals surface area contributed by atoms with Crippen LogP contribution in [0.1, 0.15) is 20.3 Å². The molecule has 0 bridgehead atoms. The minimum Gasteiger partial charge on any atom is -0.464 e. The zero-order valence-electron chi connectivity index (χ0n) is 6.23. The van der Waals surface area contributed by atoms with Crippen molar-refractivity contribution in [3.63, 3.8) is 0 Å². The Balaban J connectivity index is 3.97. The normalized spacial score (nSPS) is 16.4. The second-order valence-electron chi connectivity index (χ2n) is 2.41. The van der Waals surface area contributed by atoms with Crippen molar-refractivity contribution in [3.8, 4) is 0 Å². The van der Waals surface area contributed by atoms with Gasteiger partial charge in [-0.25, -0.2) is 4.79 Å². The summed E-state index contributed by atoms with van der Waals surface area (Å²) in [4.78, 5) is 10.8. The second kappa shape index (κ2) is 2.82. The van der Waals surface area contributed by atoms with E-state index >= 15 is 0 Å². The molecule has 0 fully saturated rings. The van der Waals surface area contributed by atoms with Gasteiger partial charge in [0, 0.05) is 13.3 Å². The molecule has 9 heavy (non-hydrogen) atoms. The molecule has 0 heterocycles. The number of carbonyl (C=O) groups excluding carboxylic acids is 1. The van der Waals surface area contributed by atoms with E-state index in [1.54, 1.807) is 6.92 Å². The third-order valence-electron chi connectivity index (χ3n) is 1.46. The molecule has 0 aliphatic carbocycles. The maximum Gasteiger partial charge on any atom is 0.367 e. The zero-order valence-corrected chi connectivity index (χ0v) is 6.23. The predicted molar refractivity (Wildman–Crippen MR) is 33.6 cm³/mol. The van der Waals surface area contributed by atoms with Crippen LogP contribution in [-0.4, -0.2) is 18.6 Å². The van der Waals surface area contributed by atoms with Gasteiger partial charge in [-0.2, -0.15) is 0 Å². The van der Waals surface area contributed by atoms with Gasteiger partial charge >= 0.3 is 5.97 Å². The van der Waals surface area contributed by atoms with Crippen LogP contribution < -0.4 is 5.73 Å². The first-order valence-electron chi connectivity index (χ1n) is 2.98. The summed E-state index contributed by atoms with van der Waals surface area (Å²) in [6.07, 6.45) is 0.708. The summed E-state index contributed by atoms with van der Waals surface area (Å²) in [6, 6.07) is 0. The molecule has 0 radical (unpaired) electrons. The Morgan fingerprint density at radius 2 is 2.22 bits per heavy atom. The van der Waals surface area contributed by atoms with Gasteiger partial charge in [0.05, 0.1) is 7.11 Å². The van der Waals surface area contributed by atoms with Gasteiger partial charge in [-0.05, 0) is 0 Å². The largest absolute Gasteiger partial charge is 0.464 e. The molecule has 0 aliphatic heterocycles. The van der Waals surface area contributed by atoms with Gasteiger partial charge in [0.1, 0.15) is 0 Å². The van der Waals surface area contributed by atoms with E-state index in [1.165, 1.54) is 7.11 Å². The van der Waals surface area contributed by atoms with E-state index < -0.39 is 5.54 Å². The van der Waals surface area contributed by atoms with Crippen molar-refractivity contribution in [2.45, 2.75) is 25.8 Å². The number of hydrogen-bond donors (Lipinski definition) is 1. The Bertz CT molecular complexity index is 110. The predicted octanol–water partition coefficient (Wildman–Crippen LogP) is -0.430. The smallest absolute Gasteiger partial charge is 0.367 e. The van der Waals surface area contributed by atoms with E-state index in [2.05, 4.69) is 10.5 Å². The SMILES string of the molecule is CC[C@](C)([NH3+])C(=O)OC. The summed E-state index contributed by atoms with van der Waals surface area (Å²) in [5.74, 6) is -0.245. The standard InChI is InChI=1S/C6H13NO2/c1-4-6(2,7)5(8)9-3/h4,7H2,1-3H3/p+1/t6-/m0/s1. The molecule has 0 saturated carbocycles. The summed E-state index contributed by atoms with van der Waals surface area (Å²) >= 11 is 0. The van der Waals surface area contributed by atoms with E-state index in [0.29, 0.717) is 6.42 Å². The lowest BCUT2D eigenvalue weighted by atomic mass is 10.0. The highest BCUT2D eigenvalue weighted by atomic mass is 16.5. The van der Waals surface area contributed by atoms with Gasteiger partial charge in [-0.1, -0.05) is 6.92 Å².